The lowest BCUT2D eigenvalue weighted by atomic mass is 10.1. The van der Waals surface area contributed by atoms with Crippen molar-refractivity contribution in [1.29, 1.82) is 0 Å². The molecule has 0 saturated carbocycles. The summed E-state index contributed by atoms with van der Waals surface area (Å²) in [7, 11) is -0.659. The van der Waals surface area contributed by atoms with Crippen LogP contribution in [0.1, 0.15) is 19.3 Å². The van der Waals surface area contributed by atoms with Crippen molar-refractivity contribution in [2.24, 2.45) is 0 Å². The molecule has 86 valence electrons. The van der Waals surface area contributed by atoms with Gasteiger partial charge in [0, 0.05) is 14.2 Å². The van der Waals surface area contributed by atoms with Crippen molar-refractivity contribution < 1.29 is 18.3 Å². The number of allylic oxidation sites excluding steroid dienone is 1. The third-order valence-electron chi connectivity index (χ3n) is 2.28. The lowest BCUT2D eigenvalue weighted by molar-refractivity contribution is 0.142. The first-order valence-electron chi connectivity index (χ1n) is 4.86. The third-order valence-corrected chi connectivity index (χ3v) is 3.96. The molecule has 1 rings (SSSR count). The molecule has 1 unspecified atom stereocenters. The highest BCUT2D eigenvalue weighted by Gasteiger charge is 2.29. The quantitative estimate of drug-likeness (QED) is 0.415. The van der Waals surface area contributed by atoms with E-state index in [9.17, 15) is 4.57 Å². The molecule has 0 aromatic heterocycles. The first-order chi connectivity index (χ1) is 7.12. The zero-order chi connectivity index (χ0) is 11.3. The smallest absolute Gasteiger partial charge is 0.394 e. The zero-order valence-electron chi connectivity index (χ0n) is 9.14. The van der Waals surface area contributed by atoms with E-state index >= 15 is 0 Å². The van der Waals surface area contributed by atoms with Crippen LogP contribution < -0.4 is 0 Å². The molecule has 0 N–H and O–H groups in total. The maximum absolute atomic E-state index is 11.8. The molecule has 0 fully saturated rings. The van der Waals surface area contributed by atoms with E-state index in [4.69, 9.17) is 13.8 Å². The average Bonchev–Trinajstić information content (AvgIpc) is 2.29. The van der Waals surface area contributed by atoms with Gasteiger partial charge in [-0.15, -0.1) is 0 Å². The predicted octanol–water partition coefficient (Wildman–Crippen LogP) is 3.07. The molecule has 0 spiro atoms. The Labute approximate surface area is 90.4 Å². The monoisotopic (exact) mass is 232 g/mol. The Morgan fingerprint density at radius 3 is 2.60 bits per heavy atom. The Kier molecular flexibility index (Phi) is 4.58. The second-order valence-corrected chi connectivity index (χ2v) is 5.50. The largest absolute Gasteiger partial charge is 0.479 e. The van der Waals surface area contributed by atoms with Gasteiger partial charge >= 0.3 is 7.60 Å². The summed E-state index contributed by atoms with van der Waals surface area (Å²) in [6, 6.07) is 0. The summed E-state index contributed by atoms with van der Waals surface area (Å²) < 4.78 is 26.8. The van der Waals surface area contributed by atoms with Crippen LogP contribution >= 0.6 is 7.60 Å². The molecule has 0 heterocycles. The number of rotatable bonds is 5. The summed E-state index contributed by atoms with van der Waals surface area (Å²) in [6.45, 7) is 3.59. The molecule has 0 bridgehead atoms. The SMILES string of the molecule is C=C(OC1C=CCCC1)P(=O)(OC)OC. The Morgan fingerprint density at radius 1 is 1.47 bits per heavy atom. The Balaban J connectivity index is 2.57. The van der Waals surface area contributed by atoms with E-state index in [-0.39, 0.29) is 11.6 Å². The maximum Gasteiger partial charge on any atom is 0.394 e. The molecule has 0 aliphatic heterocycles. The number of ether oxygens (including phenoxy) is 1. The Morgan fingerprint density at radius 2 is 2.13 bits per heavy atom. The highest BCUT2D eigenvalue weighted by molar-refractivity contribution is 7.58. The second-order valence-electron chi connectivity index (χ2n) is 3.27. The third kappa shape index (κ3) is 3.20. The minimum absolute atomic E-state index is 0.0649. The number of hydrogen-bond acceptors (Lipinski definition) is 4. The fourth-order valence-corrected chi connectivity index (χ4v) is 2.22. The van der Waals surface area contributed by atoms with Crippen molar-refractivity contribution >= 4 is 7.60 Å². The molecular formula is C10H17O4P. The molecule has 1 aliphatic rings. The zero-order valence-corrected chi connectivity index (χ0v) is 10.0. The summed E-state index contributed by atoms with van der Waals surface area (Å²) in [5.41, 5.74) is 0.0732. The molecular weight excluding hydrogens is 215 g/mol. The topological polar surface area (TPSA) is 44.8 Å². The summed E-state index contributed by atoms with van der Waals surface area (Å²) >= 11 is 0. The van der Waals surface area contributed by atoms with Crippen molar-refractivity contribution in [1.82, 2.24) is 0 Å². The van der Waals surface area contributed by atoms with Gasteiger partial charge in [-0.1, -0.05) is 6.08 Å². The van der Waals surface area contributed by atoms with Gasteiger partial charge in [0.2, 0.25) is 5.50 Å². The summed E-state index contributed by atoms with van der Waals surface area (Å²) in [6.07, 6.45) is 6.97. The van der Waals surface area contributed by atoms with Gasteiger partial charge in [0.25, 0.3) is 0 Å². The standard InChI is InChI=1S/C10H17O4P/c1-9(15(11,12-2)13-3)14-10-7-5-4-6-8-10/h5,7,10H,1,4,6,8H2,2-3H3. The van der Waals surface area contributed by atoms with Crippen molar-refractivity contribution in [2.45, 2.75) is 25.4 Å². The first kappa shape index (κ1) is 12.5. The average molecular weight is 232 g/mol. The van der Waals surface area contributed by atoms with Gasteiger partial charge in [0.15, 0.2) is 0 Å². The fourth-order valence-electron chi connectivity index (χ4n) is 1.40. The Hall–Kier alpha value is -0.570. The Bertz CT molecular complexity index is 290. The highest BCUT2D eigenvalue weighted by Crippen LogP contribution is 2.54. The van der Waals surface area contributed by atoms with Crippen LogP contribution in [0.3, 0.4) is 0 Å². The summed E-state index contributed by atoms with van der Waals surface area (Å²) in [5, 5.41) is 0. The number of hydrogen-bond donors (Lipinski definition) is 0. The highest BCUT2D eigenvalue weighted by atomic mass is 31.2. The molecule has 4 nitrogen and oxygen atoms in total. The van der Waals surface area contributed by atoms with Crippen LogP contribution in [0.2, 0.25) is 0 Å². The van der Waals surface area contributed by atoms with Crippen molar-refractivity contribution in [3.63, 3.8) is 0 Å². The summed E-state index contributed by atoms with van der Waals surface area (Å²) in [4.78, 5) is 0. The molecule has 0 amide bonds. The van der Waals surface area contributed by atoms with Crippen molar-refractivity contribution in [3.8, 4) is 0 Å². The van der Waals surface area contributed by atoms with Crippen LogP contribution in [0.5, 0.6) is 0 Å². The van der Waals surface area contributed by atoms with Crippen LogP contribution in [-0.2, 0) is 18.3 Å². The molecule has 0 aromatic carbocycles. The molecule has 0 saturated heterocycles. The van der Waals surface area contributed by atoms with Gasteiger partial charge in [-0.3, -0.25) is 4.57 Å². The minimum Gasteiger partial charge on any atom is -0.479 e. The summed E-state index contributed by atoms with van der Waals surface area (Å²) in [5.74, 6) is 0. The molecule has 1 aliphatic carbocycles. The molecule has 0 aromatic rings. The molecule has 0 radical (unpaired) electrons. The van der Waals surface area contributed by atoms with Gasteiger partial charge in [-0.2, -0.15) is 0 Å². The molecule has 1 atom stereocenters. The fraction of sp³-hybridized carbons (Fsp3) is 0.600. The van der Waals surface area contributed by atoms with E-state index in [2.05, 4.69) is 6.58 Å². The maximum atomic E-state index is 11.8. The van der Waals surface area contributed by atoms with E-state index in [0.29, 0.717) is 0 Å². The van der Waals surface area contributed by atoms with E-state index in [1.807, 2.05) is 12.2 Å². The lowest BCUT2D eigenvalue weighted by Gasteiger charge is -2.22. The van der Waals surface area contributed by atoms with Gasteiger partial charge in [-0.25, -0.2) is 0 Å². The van der Waals surface area contributed by atoms with E-state index in [0.717, 1.165) is 19.3 Å². The van der Waals surface area contributed by atoms with Gasteiger partial charge < -0.3 is 13.8 Å². The van der Waals surface area contributed by atoms with E-state index in [1.165, 1.54) is 14.2 Å². The van der Waals surface area contributed by atoms with Crippen LogP contribution in [-0.4, -0.2) is 20.3 Å². The van der Waals surface area contributed by atoms with Crippen LogP contribution in [0, 0.1) is 0 Å². The molecule has 15 heavy (non-hydrogen) atoms. The van der Waals surface area contributed by atoms with E-state index in [1.54, 1.807) is 0 Å². The first-order valence-corrected chi connectivity index (χ1v) is 6.41. The van der Waals surface area contributed by atoms with Gasteiger partial charge in [0.1, 0.15) is 6.10 Å². The van der Waals surface area contributed by atoms with Crippen molar-refractivity contribution in [3.05, 3.63) is 24.2 Å². The van der Waals surface area contributed by atoms with Crippen molar-refractivity contribution in [2.75, 3.05) is 14.2 Å². The minimum atomic E-state index is -3.29. The van der Waals surface area contributed by atoms with Crippen LogP contribution in [0.15, 0.2) is 24.2 Å². The van der Waals surface area contributed by atoms with E-state index < -0.39 is 7.60 Å². The van der Waals surface area contributed by atoms with Crippen LogP contribution in [0.4, 0.5) is 0 Å². The normalized spacial score (nSPS) is 21.3. The van der Waals surface area contributed by atoms with Gasteiger partial charge in [0.05, 0.1) is 0 Å². The lowest BCUT2D eigenvalue weighted by Crippen LogP contribution is -2.12. The second kappa shape index (κ2) is 5.50. The molecule has 5 heteroatoms. The van der Waals surface area contributed by atoms with Gasteiger partial charge in [-0.05, 0) is 31.9 Å². The van der Waals surface area contributed by atoms with Crippen LogP contribution in [0.25, 0.3) is 0 Å². The predicted molar refractivity (Wildman–Crippen MR) is 58.6 cm³/mol.